The van der Waals surface area contributed by atoms with Crippen molar-refractivity contribution in [1.29, 1.82) is 0 Å². The average Bonchev–Trinajstić information content (AvgIpc) is 2.50. The molecule has 0 saturated heterocycles. The molecule has 2 amide bonds. The highest BCUT2D eigenvalue weighted by atomic mass is 127. The molecule has 0 spiro atoms. The molecule has 2 rings (SSSR count). The monoisotopic (exact) mass is 444 g/mol. The van der Waals surface area contributed by atoms with Crippen LogP contribution in [0.4, 0.5) is 11.4 Å². The van der Waals surface area contributed by atoms with Crippen LogP contribution in [-0.2, 0) is 9.59 Å². The summed E-state index contributed by atoms with van der Waals surface area (Å²) in [6, 6.07) is 10.3. The van der Waals surface area contributed by atoms with Gasteiger partial charge in [-0.1, -0.05) is 11.6 Å². The van der Waals surface area contributed by atoms with E-state index in [-0.39, 0.29) is 0 Å². The Balaban J connectivity index is 2.05. The van der Waals surface area contributed by atoms with E-state index in [0.717, 1.165) is 9.13 Å². The Morgan fingerprint density at radius 3 is 2.39 bits per heavy atom. The number of halogens is 2. The molecule has 2 aromatic rings. The van der Waals surface area contributed by atoms with Crippen molar-refractivity contribution in [2.75, 3.05) is 17.7 Å². The summed E-state index contributed by atoms with van der Waals surface area (Å²) in [4.78, 5) is 23.9. The number of rotatable bonds is 3. The van der Waals surface area contributed by atoms with Crippen molar-refractivity contribution in [3.8, 4) is 5.75 Å². The predicted molar refractivity (Wildman–Crippen MR) is 99.2 cm³/mol. The van der Waals surface area contributed by atoms with Crippen molar-refractivity contribution in [3.63, 3.8) is 0 Å². The summed E-state index contributed by atoms with van der Waals surface area (Å²) in [5, 5.41) is 5.42. The Morgan fingerprint density at radius 1 is 1.09 bits per heavy atom. The molecule has 5 nitrogen and oxygen atoms in total. The highest BCUT2D eigenvalue weighted by Gasteiger charge is 2.15. The van der Waals surface area contributed by atoms with Crippen molar-refractivity contribution in [3.05, 3.63) is 50.6 Å². The number of nitrogens with one attached hydrogen (secondary N) is 2. The van der Waals surface area contributed by atoms with Crippen LogP contribution in [0, 0.1) is 10.5 Å². The Labute approximate surface area is 152 Å². The zero-order valence-corrected chi connectivity index (χ0v) is 15.4. The van der Waals surface area contributed by atoms with Crippen molar-refractivity contribution < 1.29 is 14.3 Å². The minimum atomic E-state index is -0.774. The first-order chi connectivity index (χ1) is 10.9. The van der Waals surface area contributed by atoms with E-state index in [4.69, 9.17) is 16.3 Å². The van der Waals surface area contributed by atoms with E-state index in [1.54, 1.807) is 18.2 Å². The standard InChI is InChI=1S/C16H14ClIN2O3/c1-9-7-10(18)3-5-13(9)20-16(22)15(21)19-11-4-6-14(23-2)12(17)8-11/h3-8H,1-2H3,(H,19,21)(H,20,22). The number of carbonyl (C=O) groups is 2. The maximum atomic E-state index is 12.0. The first-order valence-electron chi connectivity index (χ1n) is 6.62. The summed E-state index contributed by atoms with van der Waals surface area (Å²) < 4.78 is 6.08. The van der Waals surface area contributed by atoms with Gasteiger partial charge < -0.3 is 15.4 Å². The fourth-order valence-electron chi connectivity index (χ4n) is 1.88. The first-order valence-corrected chi connectivity index (χ1v) is 8.08. The van der Waals surface area contributed by atoms with E-state index < -0.39 is 11.8 Å². The highest BCUT2D eigenvalue weighted by Crippen LogP contribution is 2.27. The Kier molecular flexibility index (Phi) is 5.84. The molecular weight excluding hydrogens is 431 g/mol. The molecule has 0 heterocycles. The molecule has 0 aliphatic heterocycles. The lowest BCUT2D eigenvalue weighted by Gasteiger charge is -2.10. The van der Waals surface area contributed by atoms with Gasteiger partial charge in [-0.15, -0.1) is 0 Å². The second-order valence-corrected chi connectivity index (χ2v) is 6.37. The molecule has 7 heteroatoms. The van der Waals surface area contributed by atoms with Crippen LogP contribution >= 0.6 is 34.2 Å². The van der Waals surface area contributed by atoms with Crippen LogP contribution < -0.4 is 15.4 Å². The van der Waals surface area contributed by atoms with Gasteiger partial charge in [-0.2, -0.15) is 0 Å². The third kappa shape index (κ3) is 4.59. The molecule has 0 bridgehead atoms. The summed E-state index contributed by atoms with van der Waals surface area (Å²) in [7, 11) is 1.50. The minimum absolute atomic E-state index is 0.346. The molecule has 120 valence electrons. The van der Waals surface area contributed by atoms with Gasteiger partial charge in [0, 0.05) is 14.9 Å². The molecule has 23 heavy (non-hydrogen) atoms. The van der Waals surface area contributed by atoms with Gasteiger partial charge in [0.15, 0.2) is 0 Å². The van der Waals surface area contributed by atoms with Crippen LogP contribution in [0.15, 0.2) is 36.4 Å². The third-order valence-electron chi connectivity index (χ3n) is 3.05. The summed E-state index contributed by atoms with van der Waals surface area (Å²) >= 11 is 8.16. The lowest BCUT2D eigenvalue weighted by molar-refractivity contribution is -0.133. The highest BCUT2D eigenvalue weighted by molar-refractivity contribution is 14.1. The van der Waals surface area contributed by atoms with E-state index >= 15 is 0 Å². The van der Waals surface area contributed by atoms with Crippen molar-refractivity contribution in [2.24, 2.45) is 0 Å². The number of hydrogen-bond acceptors (Lipinski definition) is 3. The predicted octanol–water partition coefficient (Wildman–Crippen LogP) is 3.84. The fraction of sp³-hybridized carbons (Fsp3) is 0.125. The third-order valence-corrected chi connectivity index (χ3v) is 4.02. The van der Waals surface area contributed by atoms with Gasteiger partial charge in [0.1, 0.15) is 5.75 Å². The number of aryl methyl sites for hydroxylation is 1. The number of anilines is 2. The zero-order valence-electron chi connectivity index (χ0n) is 12.4. The number of methoxy groups -OCH3 is 1. The summed E-state index contributed by atoms with van der Waals surface area (Å²) in [5.74, 6) is -1.03. The molecule has 0 radical (unpaired) electrons. The van der Waals surface area contributed by atoms with E-state index in [1.165, 1.54) is 13.2 Å². The molecule has 0 aliphatic carbocycles. The second-order valence-electron chi connectivity index (χ2n) is 4.72. The van der Waals surface area contributed by atoms with Crippen LogP contribution in [0.3, 0.4) is 0 Å². The van der Waals surface area contributed by atoms with Gasteiger partial charge in [0.05, 0.1) is 12.1 Å². The molecule has 0 aliphatic rings. The maximum absolute atomic E-state index is 12.0. The summed E-state index contributed by atoms with van der Waals surface area (Å²) in [6.45, 7) is 1.86. The first kappa shape index (κ1) is 17.6. The van der Waals surface area contributed by atoms with Gasteiger partial charge >= 0.3 is 11.8 Å². The normalized spacial score (nSPS) is 10.1. The number of ether oxygens (including phenoxy) is 1. The largest absolute Gasteiger partial charge is 0.495 e. The molecule has 0 atom stereocenters. The van der Waals surface area contributed by atoms with Crippen LogP contribution in [0.5, 0.6) is 5.75 Å². The van der Waals surface area contributed by atoms with E-state index in [1.807, 2.05) is 19.1 Å². The SMILES string of the molecule is COc1ccc(NC(=O)C(=O)Nc2ccc(I)cc2C)cc1Cl. The number of amides is 2. The van der Waals surface area contributed by atoms with Crippen LogP contribution in [-0.4, -0.2) is 18.9 Å². The quantitative estimate of drug-likeness (QED) is 0.558. The van der Waals surface area contributed by atoms with Crippen LogP contribution in [0.25, 0.3) is 0 Å². The van der Waals surface area contributed by atoms with Crippen molar-refractivity contribution in [1.82, 2.24) is 0 Å². The number of carbonyl (C=O) groups excluding carboxylic acids is 2. The van der Waals surface area contributed by atoms with E-state index in [9.17, 15) is 9.59 Å². The van der Waals surface area contributed by atoms with E-state index in [0.29, 0.717) is 22.1 Å². The lowest BCUT2D eigenvalue weighted by Crippen LogP contribution is -2.29. The molecular formula is C16H14ClIN2O3. The Morgan fingerprint density at radius 2 is 1.78 bits per heavy atom. The fourth-order valence-corrected chi connectivity index (χ4v) is 2.78. The lowest BCUT2D eigenvalue weighted by atomic mass is 10.2. The topological polar surface area (TPSA) is 67.4 Å². The van der Waals surface area contributed by atoms with Gasteiger partial charge in [-0.05, 0) is 71.5 Å². The summed E-state index contributed by atoms with van der Waals surface area (Å²) in [5.41, 5.74) is 1.89. The number of benzene rings is 2. The molecule has 2 N–H and O–H groups in total. The maximum Gasteiger partial charge on any atom is 0.314 e. The van der Waals surface area contributed by atoms with Gasteiger partial charge in [0.25, 0.3) is 0 Å². The minimum Gasteiger partial charge on any atom is -0.495 e. The van der Waals surface area contributed by atoms with Crippen molar-refractivity contribution in [2.45, 2.75) is 6.92 Å². The molecule has 0 aromatic heterocycles. The molecule has 0 fully saturated rings. The zero-order chi connectivity index (χ0) is 17.0. The van der Waals surface area contributed by atoms with Gasteiger partial charge in [-0.3, -0.25) is 9.59 Å². The van der Waals surface area contributed by atoms with Crippen molar-refractivity contribution >= 4 is 57.4 Å². The smallest absolute Gasteiger partial charge is 0.314 e. The van der Waals surface area contributed by atoms with E-state index in [2.05, 4.69) is 33.2 Å². The Bertz CT molecular complexity index is 765. The second kappa shape index (κ2) is 7.65. The average molecular weight is 445 g/mol. The summed E-state index contributed by atoms with van der Waals surface area (Å²) in [6.07, 6.45) is 0. The molecule has 0 saturated carbocycles. The molecule has 0 unspecified atom stereocenters. The van der Waals surface area contributed by atoms with Crippen LogP contribution in [0.1, 0.15) is 5.56 Å². The van der Waals surface area contributed by atoms with Gasteiger partial charge in [0.2, 0.25) is 0 Å². The number of hydrogen-bond donors (Lipinski definition) is 2. The van der Waals surface area contributed by atoms with Crippen LogP contribution in [0.2, 0.25) is 5.02 Å². The van der Waals surface area contributed by atoms with Gasteiger partial charge in [-0.25, -0.2) is 0 Å². The Hall–Kier alpha value is -1.80. The molecule has 2 aromatic carbocycles.